The van der Waals surface area contributed by atoms with E-state index in [2.05, 4.69) is 11.4 Å². The minimum Gasteiger partial charge on any atom is -0.469 e. The van der Waals surface area contributed by atoms with Gasteiger partial charge in [0.25, 0.3) is 0 Å². The maximum Gasteiger partial charge on any atom is 0.313 e. The fourth-order valence-corrected chi connectivity index (χ4v) is 3.30. The predicted octanol–water partition coefficient (Wildman–Crippen LogP) is 2.80. The van der Waals surface area contributed by atoms with Crippen molar-refractivity contribution in [1.82, 2.24) is 5.32 Å². The lowest BCUT2D eigenvalue weighted by atomic mass is 9.80. The Bertz CT molecular complexity index is 685. The Kier molecular flexibility index (Phi) is 4.68. The lowest BCUT2D eigenvalue weighted by Gasteiger charge is -2.34. The number of fused-ring (bicyclic) bond motifs is 1. The predicted molar refractivity (Wildman–Crippen MR) is 87.2 cm³/mol. The van der Waals surface area contributed by atoms with Crippen LogP contribution in [0.2, 0.25) is 0 Å². The van der Waals surface area contributed by atoms with Crippen molar-refractivity contribution in [3.05, 3.63) is 35.6 Å². The second kappa shape index (κ2) is 6.72. The largest absolute Gasteiger partial charge is 0.469 e. The van der Waals surface area contributed by atoms with Gasteiger partial charge < -0.3 is 19.2 Å². The smallest absolute Gasteiger partial charge is 0.313 e. The van der Waals surface area contributed by atoms with E-state index >= 15 is 0 Å². The minimum atomic E-state index is -0.486. The van der Waals surface area contributed by atoms with Gasteiger partial charge in [-0.15, -0.1) is 0 Å². The molecule has 0 aliphatic carbocycles. The number of ether oxygens (including phenoxy) is 2. The number of methoxy groups -OCH3 is 1. The zero-order valence-electron chi connectivity index (χ0n) is 13.7. The summed E-state index contributed by atoms with van der Waals surface area (Å²) in [6, 6.07) is 8.01. The number of benzene rings is 1. The van der Waals surface area contributed by atoms with Crippen LogP contribution < -0.4 is 5.32 Å². The molecule has 23 heavy (non-hydrogen) atoms. The normalized spacial score (nSPS) is 17.3. The molecule has 5 nitrogen and oxygen atoms in total. The number of furan rings is 1. The molecule has 0 spiro atoms. The second-order valence-corrected chi connectivity index (χ2v) is 6.12. The number of rotatable bonds is 5. The van der Waals surface area contributed by atoms with Gasteiger partial charge in [-0.2, -0.15) is 0 Å². The van der Waals surface area contributed by atoms with Crippen molar-refractivity contribution < 1.29 is 18.7 Å². The van der Waals surface area contributed by atoms with Crippen molar-refractivity contribution in [2.45, 2.75) is 26.3 Å². The van der Waals surface area contributed by atoms with Crippen molar-refractivity contribution >= 4 is 16.9 Å². The highest BCUT2D eigenvalue weighted by Gasteiger charge is 2.40. The molecule has 3 rings (SSSR count). The first-order chi connectivity index (χ1) is 11.2. The lowest BCUT2D eigenvalue weighted by molar-refractivity contribution is -0.158. The van der Waals surface area contributed by atoms with Crippen molar-refractivity contribution in [2.24, 2.45) is 5.41 Å². The average molecular weight is 317 g/mol. The minimum absolute atomic E-state index is 0.151. The van der Waals surface area contributed by atoms with Gasteiger partial charge in [0, 0.05) is 37.3 Å². The molecule has 0 saturated carbocycles. The standard InChI is InChI=1S/C18H23NO4/c1-13-15(14-5-3-4-6-16(14)23-13)11-19-12-18(17(20)21-2)7-9-22-10-8-18/h3-6,19H,7-12H2,1-2H3. The Balaban J connectivity index is 1.71. The zero-order valence-corrected chi connectivity index (χ0v) is 13.7. The molecular formula is C18H23NO4. The number of esters is 1. The van der Waals surface area contributed by atoms with Gasteiger partial charge in [0.05, 0.1) is 12.5 Å². The van der Waals surface area contributed by atoms with E-state index < -0.39 is 5.41 Å². The molecule has 2 heterocycles. The summed E-state index contributed by atoms with van der Waals surface area (Å²) in [7, 11) is 1.45. The van der Waals surface area contributed by atoms with Crippen LogP contribution in [0.1, 0.15) is 24.2 Å². The van der Waals surface area contributed by atoms with Gasteiger partial charge in [0.1, 0.15) is 11.3 Å². The van der Waals surface area contributed by atoms with E-state index in [1.165, 1.54) is 7.11 Å². The molecular weight excluding hydrogens is 294 g/mol. The molecule has 0 bridgehead atoms. The molecule has 1 saturated heterocycles. The first-order valence-electron chi connectivity index (χ1n) is 8.00. The second-order valence-electron chi connectivity index (χ2n) is 6.12. The van der Waals surface area contributed by atoms with Gasteiger partial charge in [-0.1, -0.05) is 18.2 Å². The van der Waals surface area contributed by atoms with E-state index in [1.807, 2.05) is 25.1 Å². The van der Waals surface area contributed by atoms with Crippen LogP contribution in [-0.2, 0) is 20.8 Å². The van der Waals surface area contributed by atoms with Gasteiger partial charge in [0.2, 0.25) is 0 Å². The molecule has 0 unspecified atom stereocenters. The molecule has 1 N–H and O–H groups in total. The maximum absolute atomic E-state index is 12.2. The average Bonchev–Trinajstić information content (AvgIpc) is 2.91. The topological polar surface area (TPSA) is 60.7 Å². The molecule has 1 aromatic carbocycles. The lowest BCUT2D eigenvalue weighted by Crippen LogP contribution is -2.45. The highest BCUT2D eigenvalue weighted by molar-refractivity contribution is 5.82. The quantitative estimate of drug-likeness (QED) is 0.859. The van der Waals surface area contributed by atoms with Crippen LogP contribution in [0, 0.1) is 12.3 Å². The monoisotopic (exact) mass is 317 g/mol. The molecule has 0 radical (unpaired) electrons. The van der Waals surface area contributed by atoms with E-state index in [4.69, 9.17) is 13.9 Å². The Morgan fingerprint density at radius 1 is 1.30 bits per heavy atom. The van der Waals surface area contributed by atoms with Gasteiger partial charge in [-0.05, 0) is 25.8 Å². The molecule has 5 heteroatoms. The molecule has 1 aliphatic rings. The summed E-state index contributed by atoms with van der Waals surface area (Å²) in [5.74, 6) is 0.764. The summed E-state index contributed by atoms with van der Waals surface area (Å²) in [5.41, 5.74) is 1.56. The van der Waals surface area contributed by atoms with Crippen molar-refractivity contribution in [3.63, 3.8) is 0 Å². The summed E-state index contributed by atoms with van der Waals surface area (Å²) in [4.78, 5) is 12.2. The highest BCUT2D eigenvalue weighted by Crippen LogP contribution is 2.32. The van der Waals surface area contributed by atoms with E-state index in [0.29, 0.717) is 39.1 Å². The number of nitrogens with one attached hydrogen (secondary N) is 1. The Morgan fingerprint density at radius 2 is 2.04 bits per heavy atom. The van der Waals surface area contributed by atoms with Crippen molar-refractivity contribution in [2.75, 3.05) is 26.9 Å². The summed E-state index contributed by atoms with van der Waals surface area (Å²) in [6.07, 6.45) is 1.38. The van der Waals surface area contributed by atoms with Gasteiger partial charge >= 0.3 is 5.97 Å². The number of carbonyl (C=O) groups is 1. The van der Waals surface area contributed by atoms with Crippen LogP contribution in [0.15, 0.2) is 28.7 Å². The molecule has 0 atom stereocenters. The third-order valence-corrected chi connectivity index (χ3v) is 4.73. The van der Waals surface area contributed by atoms with Gasteiger partial charge in [-0.25, -0.2) is 0 Å². The Labute approximate surface area is 135 Å². The maximum atomic E-state index is 12.2. The van der Waals surface area contributed by atoms with Crippen LogP contribution in [0.4, 0.5) is 0 Å². The Hall–Kier alpha value is -1.85. The molecule has 1 fully saturated rings. The van der Waals surface area contributed by atoms with Crippen LogP contribution >= 0.6 is 0 Å². The van der Waals surface area contributed by atoms with Crippen molar-refractivity contribution in [3.8, 4) is 0 Å². The van der Waals surface area contributed by atoms with Crippen LogP contribution in [0.25, 0.3) is 11.0 Å². The summed E-state index contributed by atoms with van der Waals surface area (Å²) in [6.45, 7) is 4.43. The summed E-state index contributed by atoms with van der Waals surface area (Å²) < 4.78 is 16.2. The molecule has 124 valence electrons. The van der Waals surface area contributed by atoms with E-state index in [-0.39, 0.29) is 5.97 Å². The zero-order chi connectivity index (χ0) is 16.3. The third-order valence-electron chi connectivity index (χ3n) is 4.73. The number of carbonyl (C=O) groups excluding carboxylic acids is 1. The Morgan fingerprint density at radius 3 is 2.78 bits per heavy atom. The highest BCUT2D eigenvalue weighted by atomic mass is 16.5. The van der Waals surface area contributed by atoms with Crippen molar-refractivity contribution in [1.29, 1.82) is 0 Å². The number of hydrogen-bond donors (Lipinski definition) is 1. The summed E-state index contributed by atoms with van der Waals surface area (Å²) in [5, 5.41) is 4.55. The molecule has 1 aliphatic heterocycles. The first-order valence-corrected chi connectivity index (χ1v) is 8.00. The number of aryl methyl sites for hydroxylation is 1. The molecule has 0 amide bonds. The SMILES string of the molecule is COC(=O)C1(CNCc2c(C)oc3ccccc23)CCOCC1. The van der Waals surface area contributed by atoms with E-state index in [1.54, 1.807) is 0 Å². The van der Waals surface area contributed by atoms with E-state index in [9.17, 15) is 4.79 Å². The molecule has 1 aromatic heterocycles. The number of hydrogen-bond acceptors (Lipinski definition) is 5. The number of para-hydroxylation sites is 1. The molecule has 2 aromatic rings. The van der Waals surface area contributed by atoms with Gasteiger partial charge in [0.15, 0.2) is 0 Å². The van der Waals surface area contributed by atoms with Gasteiger partial charge in [-0.3, -0.25) is 4.79 Å². The fourth-order valence-electron chi connectivity index (χ4n) is 3.30. The van der Waals surface area contributed by atoms with E-state index in [0.717, 1.165) is 22.3 Å². The van der Waals surface area contributed by atoms with Crippen LogP contribution in [0.5, 0.6) is 0 Å². The van der Waals surface area contributed by atoms with Crippen LogP contribution in [-0.4, -0.2) is 32.8 Å². The first kappa shape index (κ1) is 16.0. The third kappa shape index (κ3) is 3.12. The summed E-state index contributed by atoms with van der Waals surface area (Å²) >= 11 is 0. The van der Waals surface area contributed by atoms with Crippen LogP contribution in [0.3, 0.4) is 0 Å². The fraction of sp³-hybridized carbons (Fsp3) is 0.500.